The number of aromatic nitrogens is 1. The molecule has 0 saturated carbocycles. The number of thiazole rings is 1. The zero-order chi connectivity index (χ0) is 21.8. The summed E-state index contributed by atoms with van der Waals surface area (Å²) in [6.07, 6.45) is 0. The summed E-state index contributed by atoms with van der Waals surface area (Å²) in [5, 5.41) is 5.17. The van der Waals surface area contributed by atoms with E-state index in [1.165, 1.54) is 29.0 Å². The number of nitrogens with one attached hydrogen (secondary N) is 2. The highest BCUT2D eigenvalue weighted by molar-refractivity contribution is 7.92. The second kappa shape index (κ2) is 8.71. The summed E-state index contributed by atoms with van der Waals surface area (Å²) in [5.74, 6) is -0.317. The Balaban J connectivity index is 1.42. The third-order valence-corrected chi connectivity index (χ3v) is 6.68. The smallest absolute Gasteiger partial charge is 0.261 e. The first-order valence-electron chi connectivity index (χ1n) is 9.42. The Bertz CT molecular complexity index is 1300. The maximum Gasteiger partial charge on any atom is 0.261 e. The fourth-order valence-corrected chi connectivity index (χ4v) is 4.66. The van der Waals surface area contributed by atoms with Crippen LogP contribution in [-0.2, 0) is 10.0 Å². The molecule has 0 bridgehead atoms. The van der Waals surface area contributed by atoms with E-state index in [1.807, 2.05) is 36.6 Å². The monoisotopic (exact) mass is 449 g/mol. The summed E-state index contributed by atoms with van der Waals surface area (Å²) in [7, 11) is -3.68. The molecule has 2 N–H and O–H groups in total. The molecule has 0 unspecified atom stereocenters. The van der Waals surface area contributed by atoms with E-state index in [1.54, 1.807) is 42.5 Å². The van der Waals surface area contributed by atoms with Gasteiger partial charge in [-0.25, -0.2) is 13.4 Å². The Kier molecular flexibility index (Phi) is 5.83. The first-order valence-corrected chi connectivity index (χ1v) is 11.8. The summed E-state index contributed by atoms with van der Waals surface area (Å²) < 4.78 is 27.3. The van der Waals surface area contributed by atoms with Crippen LogP contribution in [0, 0.1) is 6.92 Å². The molecular weight excluding hydrogens is 430 g/mol. The molecule has 0 fully saturated rings. The molecule has 1 amide bonds. The standard InChI is InChI=1S/C23H19N3O3S2/c1-16-7-9-17(10-8-16)21-15-30-23(24-21)25-22(27)18-11-13-19(14-12-18)26-31(28,29)20-5-3-2-4-6-20/h2-15,26H,1H3,(H,24,25,27). The number of carbonyl (C=O) groups excluding carboxylic acids is 1. The summed E-state index contributed by atoms with van der Waals surface area (Å²) in [4.78, 5) is 17.2. The zero-order valence-electron chi connectivity index (χ0n) is 16.6. The van der Waals surface area contributed by atoms with E-state index < -0.39 is 10.0 Å². The Morgan fingerprint density at radius 1 is 0.903 bits per heavy atom. The SMILES string of the molecule is Cc1ccc(-c2csc(NC(=O)c3ccc(NS(=O)(=O)c4ccccc4)cc3)n2)cc1. The van der Waals surface area contributed by atoms with Crippen LogP contribution < -0.4 is 10.0 Å². The number of hydrogen-bond acceptors (Lipinski definition) is 5. The Morgan fingerprint density at radius 3 is 2.26 bits per heavy atom. The maximum absolute atomic E-state index is 12.5. The number of sulfonamides is 1. The highest BCUT2D eigenvalue weighted by atomic mass is 32.2. The van der Waals surface area contributed by atoms with E-state index in [0.717, 1.165) is 11.3 Å². The predicted octanol–water partition coefficient (Wildman–Crippen LogP) is 5.17. The van der Waals surface area contributed by atoms with Gasteiger partial charge in [-0.05, 0) is 43.3 Å². The molecule has 4 aromatic rings. The molecule has 0 atom stereocenters. The summed E-state index contributed by atoms with van der Waals surface area (Å²) >= 11 is 1.35. The number of rotatable bonds is 6. The Hall–Kier alpha value is -3.49. The largest absolute Gasteiger partial charge is 0.298 e. The molecule has 0 aliphatic rings. The molecule has 0 spiro atoms. The molecule has 31 heavy (non-hydrogen) atoms. The fourth-order valence-electron chi connectivity index (χ4n) is 2.86. The average molecular weight is 450 g/mol. The van der Waals surface area contributed by atoms with Crippen LogP contribution >= 0.6 is 11.3 Å². The molecule has 1 aromatic heterocycles. The third-order valence-electron chi connectivity index (χ3n) is 4.52. The highest BCUT2D eigenvalue weighted by Crippen LogP contribution is 2.25. The number of anilines is 2. The van der Waals surface area contributed by atoms with E-state index in [4.69, 9.17) is 0 Å². The lowest BCUT2D eigenvalue weighted by atomic mass is 10.1. The number of carbonyl (C=O) groups is 1. The first-order chi connectivity index (χ1) is 14.9. The lowest BCUT2D eigenvalue weighted by Gasteiger charge is -2.08. The molecule has 0 aliphatic heterocycles. The molecule has 8 heteroatoms. The zero-order valence-corrected chi connectivity index (χ0v) is 18.2. The van der Waals surface area contributed by atoms with Crippen LogP contribution in [0.5, 0.6) is 0 Å². The molecule has 156 valence electrons. The average Bonchev–Trinajstić information content (AvgIpc) is 3.23. The lowest BCUT2D eigenvalue weighted by Crippen LogP contribution is -2.14. The molecular formula is C23H19N3O3S2. The normalized spacial score (nSPS) is 11.1. The van der Waals surface area contributed by atoms with Gasteiger partial charge in [-0.15, -0.1) is 11.3 Å². The first kappa shape index (κ1) is 20.8. The van der Waals surface area contributed by atoms with Crippen molar-refractivity contribution in [2.75, 3.05) is 10.0 Å². The van der Waals surface area contributed by atoms with E-state index in [9.17, 15) is 13.2 Å². The van der Waals surface area contributed by atoms with Crippen molar-refractivity contribution in [3.05, 3.63) is 95.4 Å². The van der Waals surface area contributed by atoms with Crippen molar-refractivity contribution >= 4 is 38.1 Å². The molecule has 0 aliphatic carbocycles. The summed E-state index contributed by atoms with van der Waals surface area (Å²) in [6.45, 7) is 2.02. The van der Waals surface area contributed by atoms with Gasteiger partial charge in [0.1, 0.15) is 0 Å². The van der Waals surface area contributed by atoms with Gasteiger partial charge in [0.25, 0.3) is 15.9 Å². The van der Waals surface area contributed by atoms with Crippen molar-refractivity contribution in [1.29, 1.82) is 0 Å². The van der Waals surface area contributed by atoms with Gasteiger partial charge in [0.05, 0.1) is 10.6 Å². The predicted molar refractivity (Wildman–Crippen MR) is 124 cm³/mol. The Labute approximate surface area is 184 Å². The quantitative estimate of drug-likeness (QED) is 0.425. The van der Waals surface area contributed by atoms with Crippen LogP contribution in [0.25, 0.3) is 11.3 Å². The molecule has 6 nitrogen and oxygen atoms in total. The van der Waals surface area contributed by atoms with Gasteiger partial charge in [0.15, 0.2) is 5.13 Å². The van der Waals surface area contributed by atoms with Gasteiger partial charge in [0.2, 0.25) is 0 Å². The Morgan fingerprint density at radius 2 is 1.58 bits per heavy atom. The highest BCUT2D eigenvalue weighted by Gasteiger charge is 2.14. The van der Waals surface area contributed by atoms with Gasteiger partial charge in [-0.3, -0.25) is 14.8 Å². The minimum atomic E-state index is -3.68. The summed E-state index contributed by atoms with van der Waals surface area (Å²) in [6, 6.07) is 22.3. The van der Waals surface area contributed by atoms with Crippen molar-refractivity contribution in [1.82, 2.24) is 4.98 Å². The van der Waals surface area contributed by atoms with Crippen LogP contribution in [0.1, 0.15) is 15.9 Å². The van der Waals surface area contributed by atoms with Crippen molar-refractivity contribution in [3.8, 4) is 11.3 Å². The lowest BCUT2D eigenvalue weighted by molar-refractivity contribution is 0.102. The van der Waals surface area contributed by atoms with Crippen LogP contribution in [0.2, 0.25) is 0 Å². The van der Waals surface area contributed by atoms with E-state index >= 15 is 0 Å². The van der Waals surface area contributed by atoms with Crippen molar-refractivity contribution < 1.29 is 13.2 Å². The van der Waals surface area contributed by atoms with Crippen LogP contribution in [0.3, 0.4) is 0 Å². The van der Waals surface area contributed by atoms with Gasteiger partial charge < -0.3 is 0 Å². The van der Waals surface area contributed by atoms with Crippen LogP contribution in [0.4, 0.5) is 10.8 Å². The minimum Gasteiger partial charge on any atom is -0.298 e. The van der Waals surface area contributed by atoms with Gasteiger partial charge >= 0.3 is 0 Å². The van der Waals surface area contributed by atoms with Crippen molar-refractivity contribution in [2.24, 2.45) is 0 Å². The second-order valence-corrected chi connectivity index (χ2v) is 9.39. The van der Waals surface area contributed by atoms with Gasteiger partial charge in [0, 0.05) is 22.2 Å². The number of aryl methyl sites for hydroxylation is 1. The number of amides is 1. The molecule has 4 rings (SSSR count). The van der Waals surface area contributed by atoms with Gasteiger partial charge in [-0.2, -0.15) is 0 Å². The molecule has 0 radical (unpaired) electrons. The number of benzene rings is 3. The topological polar surface area (TPSA) is 88.2 Å². The fraction of sp³-hybridized carbons (Fsp3) is 0.0435. The second-order valence-electron chi connectivity index (χ2n) is 6.85. The number of hydrogen-bond donors (Lipinski definition) is 2. The van der Waals surface area contributed by atoms with E-state index in [-0.39, 0.29) is 10.8 Å². The van der Waals surface area contributed by atoms with E-state index in [0.29, 0.717) is 16.4 Å². The van der Waals surface area contributed by atoms with Crippen molar-refractivity contribution in [2.45, 2.75) is 11.8 Å². The molecule has 0 saturated heterocycles. The third kappa shape index (κ3) is 4.99. The number of nitrogens with zero attached hydrogens (tertiary/aromatic N) is 1. The maximum atomic E-state index is 12.5. The van der Waals surface area contributed by atoms with Crippen molar-refractivity contribution in [3.63, 3.8) is 0 Å². The summed E-state index contributed by atoms with van der Waals surface area (Å²) in [5.41, 5.74) is 3.72. The molecule has 3 aromatic carbocycles. The van der Waals surface area contributed by atoms with E-state index in [2.05, 4.69) is 15.0 Å². The van der Waals surface area contributed by atoms with Gasteiger partial charge in [-0.1, -0.05) is 48.0 Å². The molecule has 1 heterocycles. The minimum absolute atomic E-state index is 0.171. The van der Waals surface area contributed by atoms with Crippen LogP contribution in [0.15, 0.2) is 89.1 Å². The van der Waals surface area contributed by atoms with Crippen LogP contribution in [-0.4, -0.2) is 19.3 Å².